The van der Waals surface area contributed by atoms with E-state index in [-0.39, 0.29) is 0 Å². The van der Waals surface area contributed by atoms with Crippen LogP contribution in [0.1, 0.15) is 22.8 Å². The zero-order chi connectivity index (χ0) is 11.5. The molecule has 2 aromatic carbocycles. The van der Waals surface area contributed by atoms with E-state index in [2.05, 4.69) is 11.8 Å². The van der Waals surface area contributed by atoms with Crippen LogP contribution in [0.25, 0.3) is 10.8 Å². The van der Waals surface area contributed by atoms with Crippen molar-refractivity contribution in [2.45, 2.75) is 6.92 Å². The number of halogens is 1. The van der Waals surface area contributed by atoms with E-state index in [1.165, 1.54) is 0 Å². The molecule has 1 nitrogen and oxygen atoms in total. The number of rotatable bonds is 1. The summed E-state index contributed by atoms with van der Waals surface area (Å²) in [7, 11) is 0. The molecule has 0 spiro atoms. The molecule has 0 atom stereocenters. The molecule has 0 radical (unpaired) electrons. The molecule has 0 bridgehead atoms. The first-order chi connectivity index (χ1) is 7.74. The lowest BCUT2D eigenvalue weighted by atomic mass is 10.00. The van der Waals surface area contributed by atoms with Crippen LogP contribution in [-0.2, 0) is 0 Å². The van der Waals surface area contributed by atoms with E-state index in [9.17, 15) is 4.79 Å². The van der Waals surface area contributed by atoms with Crippen molar-refractivity contribution in [3.8, 4) is 11.8 Å². The molecule has 0 saturated heterocycles. The van der Waals surface area contributed by atoms with Crippen molar-refractivity contribution in [2.75, 3.05) is 0 Å². The van der Waals surface area contributed by atoms with Crippen LogP contribution in [-0.4, -0.2) is 5.24 Å². The summed E-state index contributed by atoms with van der Waals surface area (Å²) >= 11 is 5.62. The highest BCUT2D eigenvalue weighted by Crippen LogP contribution is 2.23. The van der Waals surface area contributed by atoms with E-state index in [0.29, 0.717) is 11.1 Å². The fourth-order valence-electron chi connectivity index (χ4n) is 1.72. The molecule has 0 unspecified atom stereocenters. The highest BCUT2D eigenvalue weighted by molar-refractivity contribution is 6.69. The van der Waals surface area contributed by atoms with Crippen molar-refractivity contribution in [3.05, 3.63) is 47.5 Å². The average molecular weight is 229 g/mol. The second-order valence-electron chi connectivity index (χ2n) is 3.36. The maximum atomic E-state index is 11.5. The molecule has 2 aromatic rings. The van der Waals surface area contributed by atoms with Gasteiger partial charge >= 0.3 is 0 Å². The lowest BCUT2D eigenvalue weighted by molar-refractivity contribution is 0.108. The maximum absolute atomic E-state index is 11.5. The molecule has 0 fully saturated rings. The second-order valence-corrected chi connectivity index (χ2v) is 3.70. The van der Waals surface area contributed by atoms with Gasteiger partial charge in [0.15, 0.2) is 0 Å². The Hall–Kier alpha value is -1.78. The molecule has 0 heterocycles. The predicted octanol–water partition coefficient (Wildman–Crippen LogP) is 3.59. The lowest BCUT2D eigenvalue weighted by Gasteiger charge is -2.04. The van der Waals surface area contributed by atoms with Gasteiger partial charge in [0.05, 0.1) is 5.56 Å². The summed E-state index contributed by atoms with van der Waals surface area (Å²) in [5.41, 5.74) is 1.18. The van der Waals surface area contributed by atoms with Crippen molar-refractivity contribution >= 4 is 27.6 Å². The lowest BCUT2D eigenvalue weighted by Crippen LogP contribution is -1.95. The van der Waals surface area contributed by atoms with Gasteiger partial charge in [0.25, 0.3) is 5.24 Å². The van der Waals surface area contributed by atoms with Gasteiger partial charge in [0.1, 0.15) is 0 Å². The monoisotopic (exact) mass is 228 g/mol. The molecule has 0 saturated carbocycles. The van der Waals surface area contributed by atoms with Crippen molar-refractivity contribution in [3.63, 3.8) is 0 Å². The van der Waals surface area contributed by atoms with E-state index in [1.807, 2.05) is 36.4 Å². The highest BCUT2D eigenvalue weighted by atomic mass is 35.5. The maximum Gasteiger partial charge on any atom is 0.254 e. The topological polar surface area (TPSA) is 17.1 Å². The standard InChI is InChI=1S/C14H9ClO/c1-2-5-11-9-8-10-6-3-4-7-12(10)13(11)14(15)16/h3-4,6-9H,1H3. The highest BCUT2D eigenvalue weighted by Gasteiger charge is 2.11. The van der Waals surface area contributed by atoms with Gasteiger partial charge in [0, 0.05) is 5.56 Å². The summed E-state index contributed by atoms with van der Waals surface area (Å²) in [5, 5.41) is 1.38. The minimum atomic E-state index is -0.463. The van der Waals surface area contributed by atoms with Crippen LogP contribution < -0.4 is 0 Å². The Balaban J connectivity index is 2.88. The predicted molar refractivity (Wildman–Crippen MR) is 66.7 cm³/mol. The van der Waals surface area contributed by atoms with E-state index in [0.717, 1.165) is 10.8 Å². The summed E-state index contributed by atoms with van der Waals surface area (Å²) in [6.07, 6.45) is 0. The molecule has 0 N–H and O–H groups in total. The molecule has 16 heavy (non-hydrogen) atoms. The van der Waals surface area contributed by atoms with Gasteiger partial charge in [-0.1, -0.05) is 36.3 Å². The summed E-state index contributed by atoms with van der Waals surface area (Å²) < 4.78 is 0. The number of carbonyl (C=O) groups is 1. The van der Waals surface area contributed by atoms with Crippen molar-refractivity contribution in [2.24, 2.45) is 0 Å². The molecule has 78 valence electrons. The van der Waals surface area contributed by atoms with Crippen LogP contribution in [0, 0.1) is 11.8 Å². The SMILES string of the molecule is CC#Cc1ccc2ccccc2c1C(=O)Cl. The van der Waals surface area contributed by atoms with Crippen LogP contribution in [0.2, 0.25) is 0 Å². The summed E-state index contributed by atoms with van der Waals surface area (Å²) in [6.45, 7) is 1.73. The zero-order valence-corrected chi connectivity index (χ0v) is 9.51. The smallest absolute Gasteiger partial charge is 0.254 e. The van der Waals surface area contributed by atoms with Crippen molar-refractivity contribution in [1.29, 1.82) is 0 Å². The Kier molecular flexibility index (Phi) is 2.94. The van der Waals surface area contributed by atoms with Gasteiger partial charge in [-0.05, 0) is 35.4 Å². The van der Waals surface area contributed by atoms with Gasteiger partial charge in [-0.25, -0.2) is 0 Å². The number of fused-ring (bicyclic) bond motifs is 1. The minimum Gasteiger partial charge on any atom is -0.276 e. The van der Waals surface area contributed by atoms with Crippen LogP contribution in [0.4, 0.5) is 0 Å². The summed E-state index contributed by atoms with van der Waals surface area (Å²) in [6, 6.07) is 11.4. The van der Waals surface area contributed by atoms with Crippen LogP contribution in [0.15, 0.2) is 36.4 Å². The molecule has 0 aliphatic carbocycles. The molecule has 2 heteroatoms. The van der Waals surface area contributed by atoms with E-state index < -0.39 is 5.24 Å². The molecule has 0 aliphatic heterocycles. The van der Waals surface area contributed by atoms with E-state index in [1.54, 1.807) is 6.92 Å². The van der Waals surface area contributed by atoms with Gasteiger partial charge < -0.3 is 0 Å². The van der Waals surface area contributed by atoms with E-state index in [4.69, 9.17) is 11.6 Å². The zero-order valence-electron chi connectivity index (χ0n) is 8.75. The first-order valence-electron chi connectivity index (χ1n) is 4.88. The molecule has 0 aliphatic rings. The first kappa shape index (κ1) is 10.7. The fourth-order valence-corrected chi connectivity index (χ4v) is 1.93. The van der Waals surface area contributed by atoms with Crippen LogP contribution >= 0.6 is 11.6 Å². The quantitative estimate of drug-likeness (QED) is 0.539. The molecule has 0 amide bonds. The molecular formula is C14H9ClO. The van der Waals surface area contributed by atoms with Crippen molar-refractivity contribution in [1.82, 2.24) is 0 Å². The number of benzene rings is 2. The normalized spacial score (nSPS) is 9.62. The molecule has 0 aromatic heterocycles. The Labute approximate surface area is 99.0 Å². The minimum absolute atomic E-state index is 0.463. The fraction of sp³-hybridized carbons (Fsp3) is 0.0714. The Bertz CT molecular complexity index is 617. The second kappa shape index (κ2) is 4.38. The Morgan fingerprint density at radius 1 is 1.19 bits per heavy atom. The Morgan fingerprint density at radius 3 is 2.62 bits per heavy atom. The van der Waals surface area contributed by atoms with Crippen LogP contribution in [0.3, 0.4) is 0 Å². The molecule has 2 rings (SSSR count). The third-order valence-corrected chi connectivity index (χ3v) is 2.57. The first-order valence-corrected chi connectivity index (χ1v) is 5.26. The Morgan fingerprint density at radius 2 is 1.94 bits per heavy atom. The third kappa shape index (κ3) is 1.80. The number of hydrogen-bond donors (Lipinski definition) is 0. The average Bonchev–Trinajstić information content (AvgIpc) is 2.28. The van der Waals surface area contributed by atoms with Gasteiger partial charge in [0.2, 0.25) is 0 Å². The van der Waals surface area contributed by atoms with Crippen molar-refractivity contribution < 1.29 is 4.79 Å². The third-order valence-electron chi connectivity index (χ3n) is 2.39. The summed E-state index contributed by atoms with van der Waals surface area (Å²) in [4.78, 5) is 11.5. The van der Waals surface area contributed by atoms with Gasteiger partial charge in [-0.3, -0.25) is 4.79 Å². The van der Waals surface area contributed by atoms with Crippen LogP contribution in [0.5, 0.6) is 0 Å². The van der Waals surface area contributed by atoms with Gasteiger partial charge in [-0.15, -0.1) is 5.92 Å². The number of hydrogen-bond acceptors (Lipinski definition) is 1. The van der Waals surface area contributed by atoms with E-state index >= 15 is 0 Å². The summed E-state index contributed by atoms with van der Waals surface area (Å²) in [5.74, 6) is 5.68. The molecular weight excluding hydrogens is 220 g/mol. The van der Waals surface area contributed by atoms with Gasteiger partial charge in [-0.2, -0.15) is 0 Å². The number of carbonyl (C=O) groups excluding carboxylic acids is 1. The largest absolute Gasteiger partial charge is 0.276 e.